The summed E-state index contributed by atoms with van der Waals surface area (Å²) < 4.78 is 12.1. The van der Waals surface area contributed by atoms with Crippen molar-refractivity contribution >= 4 is 34.2 Å². The minimum Gasteiger partial charge on any atom is -0.452 e. The highest BCUT2D eigenvalue weighted by Gasteiger charge is 2.23. The normalized spacial score (nSPS) is 15.3. The summed E-state index contributed by atoms with van der Waals surface area (Å²) in [5.41, 5.74) is 9.45. The summed E-state index contributed by atoms with van der Waals surface area (Å²) in [6.07, 6.45) is 9.23. The highest BCUT2D eigenvalue weighted by Crippen LogP contribution is 2.37. The number of piperidine rings is 1. The summed E-state index contributed by atoms with van der Waals surface area (Å²) in [5.74, 6) is 1.22. The second kappa shape index (κ2) is 7.00. The molecular formula is C20H20N6O2S. The fourth-order valence-corrected chi connectivity index (χ4v) is 4.39. The van der Waals surface area contributed by atoms with Crippen molar-refractivity contribution in [2.24, 2.45) is 0 Å². The van der Waals surface area contributed by atoms with E-state index in [0.29, 0.717) is 11.4 Å². The van der Waals surface area contributed by atoms with Crippen molar-refractivity contribution in [3.63, 3.8) is 0 Å². The van der Waals surface area contributed by atoms with Gasteiger partial charge >= 0.3 is 0 Å². The van der Waals surface area contributed by atoms with E-state index in [1.807, 2.05) is 33.4 Å². The molecule has 29 heavy (non-hydrogen) atoms. The van der Waals surface area contributed by atoms with Crippen molar-refractivity contribution in [1.82, 2.24) is 24.0 Å². The van der Waals surface area contributed by atoms with Gasteiger partial charge in [-0.25, -0.2) is 9.36 Å². The van der Waals surface area contributed by atoms with Crippen molar-refractivity contribution < 1.29 is 9.21 Å². The van der Waals surface area contributed by atoms with Gasteiger partial charge in [-0.05, 0) is 30.4 Å². The van der Waals surface area contributed by atoms with Crippen LogP contribution in [0.2, 0.25) is 0 Å². The lowest BCUT2D eigenvalue weighted by Crippen LogP contribution is -2.37. The quantitative estimate of drug-likeness (QED) is 0.556. The number of carbonyl (C=O) groups excluding carboxylic acids is 1. The van der Waals surface area contributed by atoms with Crippen LogP contribution in [0.4, 0.5) is 5.82 Å². The molecule has 5 heterocycles. The van der Waals surface area contributed by atoms with E-state index in [1.165, 1.54) is 11.5 Å². The van der Waals surface area contributed by atoms with Gasteiger partial charge in [0, 0.05) is 59.9 Å². The lowest BCUT2D eigenvalue weighted by atomic mass is 10.0. The van der Waals surface area contributed by atoms with E-state index in [1.54, 1.807) is 19.3 Å². The molecule has 1 fully saturated rings. The van der Waals surface area contributed by atoms with Crippen LogP contribution in [0.25, 0.3) is 33.4 Å². The number of furan rings is 1. The number of nitrogens with zero attached hydrogens (tertiary/aromatic N) is 5. The number of rotatable bonds is 3. The summed E-state index contributed by atoms with van der Waals surface area (Å²) in [6, 6.07) is 2.27. The standard InChI is InChI=1S/C20H20N6O2S/c1-12(27)25-4-2-15(3-5-25)26-10-13(7-23-26)17-9-22-20(21)19-16(17)6-18(28-19)14-8-24-29-11-14/h6-11,15H,2-5H2,1H3,(H2,21,22). The molecule has 0 saturated carbocycles. The van der Waals surface area contributed by atoms with Gasteiger partial charge in [-0.1, -0.05) is 0 Å². The maximum Gasteiger partial charge on any atom is 0.219 e. The number of nitrogen functional groups attached to an aromatic ring is 1. The zero-order valence-corrected chi connectivity index (χ0v) is 16.7. The molecule has 0 bridgehead atoms. The van der Waals surface area contributed by atoms with Crippen LogP contribution < -0.4 is 5.73 Å². The highest BCUT2D eigenvalue weighted by atomic mass is 32.1. The first kappa shape index (κ1) is 17.9. The number of nitrogens with two attached hydrogens (primary N) is 1. The summed E-state index contributed by atoms with van der Waals surface area (Å²) in [7, 11) is 0. The van der Waals surface area contributed by atoms with Gasteiger partial charge in [0.25, 0.3) is 0 Å². The maximum absolute atomic E-state index is 11.5. The number of hydrogen-bond donors (Lipinski definition) is 1. The molecule has 0 aliphatic carbocycles. The number of aromatic nitrogens is 4. The Morgan fingerprint density at radius 2 is 2.07 bits per heavy atom. The highest BCUT2D eigenvalue weighted by molar-refractivity contribution is 7.03. The summed E-state index contributed by atoms with van der Waals surface area (Å²) in [4.78, 5) is 17.8. The summed E-state index contributed by atoms with van der Waals surface area (Å²) in [5, 5.41) is 7.43. The Hall–Kier alpha value is -3.20. The summed E-state index contributed by atoms with van der Waals surface area (Å²) in [6.45, 7) is 3.16. The van der Waals surface area contributed by atoms with Gasteiger partial charge in [0.2, 0.25) is 5.91 Å². The molecule has 1 aliphatic heterocycles. The minimum absolute atomic E-state index is 0.136. The Balaban J connectivity index is 1.47. The first-order chi connectivity index (χ1) is 14.1. The van der Waals surface area contributed by atoms with Crippen LogP contribution in [0.3, 0.4) is 0 Å². The molecule has 0 radical (unpaired) electrons. The average Bonchev–Trinajstić information content (AvgIpc) is 3.48. The molecule has 8 nitrogen and oxygen atoms in total. The molecule has 0 spiro atoms. The molecular weight excluding hydrogens is 388 g/mol. The molecule has 0 aromatic carbocycles. The summed E-state index contributed by atoms with van der Waals surface area (Å²) >= 11 is 1.38. The van der Waals surface area contributed by atoms with Crippen molar-refractivity contribution in [1.29, 1.82) is 0 Å². The third kappa shape index (κ3) is 3.17. The molecule has 4 aromatic heterocycles. The number of amides is 1. The zero-order valence-electron chi connectivity index (χ0n) is 15.9. The number of anilines is 1. The minimum atomic E-state index is 0.136. The Labute approximate surface area is 171 Å². The number of fused-ring (bicyclic) bond motifs is 1. The van der Waals surface area contributed by atoms with Gasteiger partial charge in [0.05, 0.1) is 18.4 Å². The Kier molecular flexibility index (Phi) is 4.31. The largest absolute Gasteiger partial charge is 0.452 e. The fraction of sp³-hybridized carbons (Fsp3) is 0.300. The first-order valence-corrected chi connectivity index (χ1v) is 10.3. The predicted octanol–water partition coefficient (Wildman–Crippen LogP) is 3.58. The van der Waals surface area contributed by atoms with E-state index in [-0.39, 0.29) is 11.9 Å². The van der Waals surface area contributed by atoms with E-state index < -0.39 is 0 Å². The monoisotopic (exact) mass is 408 g/mol. The SMILES string of the molecule is CC(=O)N1CCC(n2cc(-c3cnc(N)c4oc(-c5cnsc5)cc34)cn2)CC1. The van der Waals surface area contributed by atoms with E-state index in [2.05, 4.69) is 14.5 Å². The van der Waals surface area contributed by atoms with Gasteiger partial charge in [-0.15, -0.1) is 0 Å². The fourth-order valence-electron chi connectivity index (χ4n) is 3.86. The van der Waals surface area contributed by atoms with Crippen LogP contribution in [0.5, 0.6) is 0 Å². The van der Waals surface area contributed by atoms with Crippen molar-refractivity contribution in [3.05, 3.63) is 36.2 Å². The third-order valence-electron chi connectivity index (χ3n) is 5.50. The van der Waals surface area contributed by atoms with Crippen LogP contribution in [0, 0.1) is 0 Å². The first-order valence-electron chi connectivity index (χ1n) is 9.48. The second-order valence-electron chi connectivity index (χ2n) is 7.27. The van der Waals surface area contributed by atoms with Crippen LogP contribution in [0.1, 0.15) is 25.8 Å². The topological polar surface area (TPSA) is 103 Å². The number of pyridine rings is 1. The molecule has 0 unspecified atom stereocenters. The molecule has 9 heteroatoms. The van der Waals surface area contributed by atoms with Gasteiger partial charge in [0.1, 0.15) is 5.76 Å². The third-order valence-corrected chi connectivity index (χ3v) is 6.09. The molecule has 5 rings (SSSR count). The Morgan fingerprint density at radius 1 is 1.24 bits per heavy atom. The lowest BCUT2D eigenvalue weighted by molar-refractivity contribution is -0.130. The van der Waals surface area contributed by atoms with Crippen molar-refractivity contribution in [2.45, 2.75) is 25.8 Å². The van der Waals surface area contributed by atoms with Crippen LogP contribution in [-0.2, 0) is 4.79 Å². The van der Waals surface area contributed by atoms with Crippen LogP contribution in [0.15, 0.2) is 40.7 Å². The predicted molar refractivity (Wildman–Crippen MR) is 111 cm³/mol. The average molecular weight is 408 g/mol. The van der Waals surface area contributed by atoms with E-state index in [4.69, 9.17) is 10.2 Å². The number of hydrogen-bond acceptors (Lipinski definition) is 7. The molecule has 1 amide bonds. The second-order valence-corrected chi connectivity index (χ2v) is 7.93. The molecule has 1 saturated heterocycles. The Bertz CT molecular complexity index is 1170. The lowest BCUT2D eigenvalue weighted by Gasteiger charge is -2.31. The zero-order chi connectivity index (χ0) is 20.0. The van der Waals surface area contributed by atoms with Crippen molar-refractivity contribution in [3.8, 4) is 22.5 Å². The van der Waals surface area contributed by atoms with Crippen LogP contribution in [-0.4, -0.2) is 43.0 Å². The Morgan fingerprint density at radius 3 is 2.79 bits per heavy atom. The molecule has 2 N–H and O–H groups in total. The number of carbonyl (C=O) groups is 1. The van der Waals surface area contributed by atoms with Gasteiger partial charge in [0.15, 0.2) is 11.4 Å². The maximum atomic E-state index is 11.5. The molecule has 0 atom stereocenters. The van der Waals surface area contributed by atoms with Gasteiger partial charge in [-0.3, -0.25) is 9.48 Å². The number of likely N-dealkylation sites (tertiary alicyclic amines) is 1. The van der Waals surface area contributed by atoms with E-state index in [0.717, 1.165) is 53.8 Å². The van der Waals surface area contributed by atoms with Gasteiger partial charge < -0.3 is 15.1 Å². The van der Waals surface area contributed by atoms with Crippen LogP contribution >= 0.6 is 11.5 Å². The smallest absolute Gasteiger partial charge is 0.219 e. The van der Waals surface area contributed by atoms with Crippen molar-refractivity contribution in [2.75, 3.05) is 18.8 Å². The molecule has 1 aliphatic rings. The molecule has 148 valence electrons. The van der Waals surface area contributed by atoms with E-state index >= 15 is 0 Å². The van der Waals surface area contributed by atoms with Gasteiger partial charge in [-0.2, -0.15) is 5.10 Å². The van der Waals surface area contributed by atoms with E-state index in [9.17, 15) is 4.79 Å². The molecule has 4 aromatic rings.